The second kappa shape index (κ2) is 8.59. The maximum Gasteiger partial charge on any atom is 0.412 e. The number of benzene rings is 2. The number of hydrogen-bond acceptors (Lipinski definition) is 4. The number of hydrogen-bond donors (Lipinski definition) is 2. The van der Waals surface area contributed by atoms with Gasteiger partial charge in [0, 0.05) is 16.8 Å². The van der Waals surface area contributed by atoms with Crippen molar-refractivity contribution in [1.82, 2.24) is 9.78 Å². The van der Waals surface area contributed by atoms with E-state index in [9.17, 15) is 14.7 Å². The maximum absolute atomic E-state index is 12.5. The van der Waals surface area contributed by atoms with Crippen molar-refractivity contribution in [3.63, 3.8) is 0 Å². The first-order valence-electron chi connectivity index (χ1n) is 10.0. The van der Waals surface area contributed by atoms with Crippen LogP contribution in [-0.4, -0.2) is 32.6 Å². The molecule has 0 spiro atoms. The molecule has 1 unspecified atom stereocenters. The summed E-state index contributed by atoms with van der Waals surface area (Å²) in [6.45, 7) is 7.17. The molecule has 3 rings (SSSR count). The second-order valence-corrected chi connectivity index (χ2v) is 8.85. The van der Waals surface area contributed by atoms with E-state index in [1.807, 2.05) is 19.1 Å². The van der Waals surface area contributed by atoms with Crippen LogP contribution >= 0.6 is 11.6 Å². The van der Waals surface area contributed by atoms with Gasteiger partial charge in [0.25, 0.3) is 0 Å². The fourth-order valence-corrected chi connectivity index (χ4v) is 3.65. The van der Waals surface area contributed by atoms with E-state index in [0.29, 0.717) is 28.0 Å². The number of halogens is 1. The zero-order valence-electron chi connectivity index (χ0n) is 18.0. The van der Waals surface area contributed by atoms with E-state index >= 15 is 0 Å². The van der Waals surface area contributed by atoms with E-state index in [1.165, 1.54) is 4.68 Å². The summed E-state index contributed by atoms with van der Waals surface area (Å²) in [5.74, 6) is -0.986. The van der Waals surface area contributed by atoms with Crippen LogP contribution in [0.25, 0.3) is 10.9 Å². The summed E-state index contributed by atoms with van der Waals surface area (Å²) < 4.78 is 6.86. The molecule has 1 amide bonds. The third-order valence-electron chi connectivity index (χ3n) is 5.05. The normalized spacial score (nSPS) is 13.6. The summed E-state index contributed by atoms with van der Waals surface area (Å²) in [5, 5.41) is 18.6. The molecule has 164 valence electrons. The molecule has 1 heterocycles. The first kappa shape index (κ1) is 22.6. The van der Waals surface area contributed by atoms with Gasteiger partial charge in [0.1, 0.15) is 5.60 Å². The lowest BCUT2D eigenvalue weighted by Crippen LogP contribution is -2.44. The summed E-state index contributed by atoms with van der Waals surface area (Å²) >= 11 is 5.98. The number of nitrogens with zero attached hydrogens (tertiary/aromatic N) is 2. The van der Waals surface area contributed by atoms with Crippen molar-refractivity contribution in [2.24, 2.45) is 0 Å². The summed E-state index contributed by atoms with van der Waals surface area (Å²) in [5.41, 5.74) is -0.00589. The quantitative estimate of drug-likeness (QED) is 0.526. The first-order valence-corrected chi connectivity index (χ1v) is 10.4. The number of fused-ring (bicyclic) bond motifs is 1. The van der Waals surface area contributed by atoms with Crippen LogP contribution in [0.15, 0.2) is 48.7 Å². The molecule has 0 aliphatic rings. The van der Waals surface area contributed by atoms with Crippen LogP contribution in [0.3, 0.4) is 0 Å². The molecule has 8 heteroatoms. The predicted octanol–water partition coefficient (Wildman–Crippen LogP) is 5.47. The van der Waals surface area contributed by atoms with Gasteiger partial charge in [0.15, 0.2) is 5.54 Å². The SMILES string of the molecule is CCC(Cc1ccc(Cl)cc1)(C(=O)O)n1ncc2c(NC(=O)OC(C)(C)C)cccc21. The smallest absolute Gasteiger partial charge is 0.412 e. The molecule has 2 N–H and O–H groups in total. The molecule has 0 radical (unpaired) electrons. The Morgan fingerprint density at radius 1 is 1.16 bits per heavy atom. The molecule has 7 nitrogen and oxygen atoms in total. The summed E-state index contributed by atoms with van der Waals surface area (Å²) in [6, 6.07) is 12.4. The topological polar surface area (TPSA) is 93.5 Å². The number of carbonyl (C=O) groups excluding carboxylic acids is 1. The van der Waals surface area contributed by atoms with Crippen LogP contribution in [0, 0.1) is 0 Å². The zero-order chi connectivity index (χ0) is 22.8. The summed E-state index contributed by atoms with van der Waals surface area (Å²) in [6.07, 6.45) is 1.52. The number of aliphatic carboxylic acids is 1. The van der Waals surface area contributed by atoms with Gasteiger partial charge in [-0.05, 0) is 57.0 Å². The molecule has 0 bridgehead atoms. The Kier molecular flexibility index (Phi) is 6.27. The van der Waals surface area contributed by atoms with Crippen molar-refractivity contribution in [3.05, 3.63) is 59.2 Å². The van der Waals surface area contributed by atoms with Crippen LogP contribution < -0.4 is 5.32 Å². The molecule has 0 aliphatic heterocycles. The fourth-order valence-electron chi connectivity index (χ4n) is 3.52. The van der Waals surface area contributed by atoms with Crippen LogP contribution in [0.1, 0.15) is 39.7 Å². The summed E-state index contributed by atoms with van der Waals surface area (Å²) in [7, 11) is 0. The Hall–Kier alpha value is -3.06. The standard InChI is InChI=1S/C23H26ClN3O4/c1-5-23(20(28)29,13-15-9-11-16(24)12-10-15)27-19-8-6-7-18(17(19)14-25-27)26-21(30)31-22(2,3)4/h6-12,14H,5,13H2,1-4H3,(H,26,30)(H,28,29). The number of carbonyl (C=O) groups is 2. The minimum Gasteiger partial charge on any atom is -0.479 e. The molecule has 1 aromatic heterocycles. The fraction of sp³-hybridized carbons (Fsp3) is 0.348. The van der Waals surface area contributed by atoms with Gasteiger partial charge in [-0.3, -0.25) is 5.32 Å². The molecule has 2 aromatic carbocycles. The van der Waals surface area contributed by atoms with Gasteiger partial charge in [0.05, 0.1) is 17.4 Å². The summed E-state index contributed by atoms with van der Waals surface area (Å²) in [4.78, 5) is 24.8. The van der Waals surface area contributed by atoms with Crippen LogP contribution in [-0.2, 0) is 21.5 Å². The van der Waals surface area contributed by atoms with Gasteiger partial charge in [-0.1, -0.05) is 36.7 Å². The molecule has 0 fully saturated rings. The molecule has 0 aliphatic carbocycles. The van der Waals surface area contributed by atoms with E-state index in [4.69, 9.17) is 16.3 Å². The van der Waals surface area contributed by atoms with Gasteiger partial charge in [0.2, 0.25) is 0 Å². The highest BCUT2D eigenvalue weighted by Crippen LogP contribution is 2.33. The molecule has 31 heavy (non-hydrogen) atoms. The minimum absolute atomic E-state index is 0.233. The Labute approximate surface area is 186 Å². The number of anilines is 1. The Morgan fingerprint density at radius 3 is 2.42 bits per heavy atom. The monoisotopic (exact) mass is 443 g/mol. The van der Waals surface area contributed by atoms with Crippen LogP contribution in [0.2, 0.25) is 5.02 Å². The maximum atomic E-state index is 12.5. The Morgan fingerprint density at radius 2 is 1.84 bits per heavy atom. The number of amides is 1. The number of carboxylic acid groups (broad SMARTS) is 1. The van der Waals surface area contributed by atoms with Gasteiger partial charge in [-0.15, -0.1) is 0 Å². The lowest BCUT2D eigenvalue weighted by molar-refractivity contribution is -0.148. The molecular weight excluding hydrogens is 418 g/mol. The third-order valence-corrected chi connectivity index (χ3v) is 5.30. The molecule has 3 aromatic rings. The van der Waals surface area contributed by atoms with Crippen molar-refractivity contribution >= 4 is 40.3 Å². The highest BCUT2D eigenvalue weighted by Gasteiger charge is 2.41. The highest BCUT2D eigenvalue weighted by molar-refractivity contribution is 6.30. The van der Waals surface area contributed by atoms with Crippen molar-refractivity contribution in [3.8, 4) is 0 Å². The Balaban J connectivity index is 2.04. The second-order valence-electron chi connectivity index (χ2n) is 8.42. The van der Waals surface area contributed by atoms with E-state index in [0.717, 1.165) is 5.56 Å². The number of ether oxygens (including phenoxy) is 1. The molecule has 0 saturated carbocycles. The zero-order valence-corrected chi connectivity index (χ0v) is 18.7. The predicted molar refractivity (Wildman–Crippen MR) is 121 cm³/mol. The van der Waals surface area contributed by atoms with Crippen molar-refractivity contribution in [2.45, 2.75) is 51.7 Å². The van der Waals surface area contributed by atoms with Gasteiger partial charge < -0.3 is 9.84 Å². The highest BCUT2D eigenvalue weighted by atomic mass is 35.5. The minimum atomic E-state index is -1.31. The Bertz CT molecular complexity index is 1100. The van der Waals surface area contributed by atoms with Gasteiger partial charge >= 0.3 is 12.1 Å². The first-order chi connectivity index (χ1) is 14.6. The van der Waals surface area contributed by atoms with Crippen molar-refractivity contribution in [2.75, 3.05) is 5.32 Å². The van der Waals surface area contributed by atoms with E-state index in [2.05, 4.69) is 10.4 Å². The van der Waals surface area contributed by atoms with Crippen LogP contribution in [0.5, 0.6) is 0 Å². The van der Waals surface area contributed by atoms with E-state index < -0.39 is 23.2 Å². The number of carboxylic acids is 1. The average Bonchev–Trinajstić information content (AvgIpc) is 3.11. The average molecular weight is 444 g/mol. The van der Waals surface area contributed by atoms with E-state index in [1.54, 1.807) is 57.3 Å². The van der Waals surface area contributed by atoms with Crippen molar-refractivity contribution in [1.29, 1.82) is 0 Å². The largest absolute Gasteiger partial charge is 0.479 e. The lowest BCUT2D eigenvalue weighted by Gasteiger charge is -2.30. The van der Waals surface area contributed by atoms with E-state index in [-0.39, 0.29) is 6.42 Å². The molecule has 0 saturated heterocycles. The third kappa shape index (κ3) is 4.82. The molecule has 1 atom stereocenters. The molecular formula is C23H26ClN3O4. The van der Waals surface area contributed by atoms with Crippen LogP contribution in [0.4, 0.5) is 10.5 Å². The lowest BCUT2D eigenvalue weighted by atomic mass is 9.88. The van der Waals surface area contributed by atoms with Gasteiger partial charge in [-0.2, -0.15) is 5.10 Å². The number of nitrogens with one attached hydrogen (secondary N) is 1. The van der Waals surface area contributed by atoms with Gasteiger partial charge in [-0.25, -0.2) is 14.3 Å². The number of aromatic nitrogens is 2. The number of rotatable bonds is 6. The van der Waals surface area contributed by atoms with Crippen molar-refractivity contribution < 1.29 is 19.4 Å².